The summed E-state index contributed by atoms with van der Waals surface area (Å²) < 4.78 is 0. The molecular formula is C16H22O4. The molecule has 20 heavy (non-hydrogen) atoms. The maximum atomic E-state index is 9.98. The maximum Gasteiger partial charge on any atom is 0.115 e. The molecule has 2 atom stereocenters. The van der Waals surface area contributed by atoms with Gasteiger partial charge in [-0.3, -0.25) is 0 Å². The van der Waals surface area contributed by atoms with Gasteiger partial charge in [-0.05, 0) is 35.8 Å². The summed E-state index contributed by atoms with van der Waals surface area (Å²) in [6, 6.07) is 6.51. The fraction of sp³-hybridized carbons (Fsp3) is 0.438. The number of benzene rings is 1. The van der Waals surface area contributed by atoms with E-state index in [4.69, 9.17) is 5.11 Å². The molecular weight excluding hydrogens is 256 g/mol. The zero-order valence-corrected chi connectivity index (χ0v) is 11.7. The molecule has 0 aliphatic rings. The second-order valence-electron chi connectivity index (χ2n) is 4.69. The van der Waals surface area contributed by atoms with Crippen LogP contribution in [-0.4, -0.2) is 33.1 Å². The van der Waals surface area contributed by atoms with Gasteiger partial charge in [-0.1, -0.05) is 19.1 Å². The van der Waals surface area contributed by atoms with Crippen LogP contribution in [0, 0.1) is 0 Å². The summed E-state index contributed by atoms with van der Waals surface area (Å²) in [5, 5.41) is 37.5. The molecule has 1 rings (SSSR count). The van der Waals surface area contributed by atoms with E-state index in [1.807, 2.05) is 6.92 Å². The third-order valence-electron chi connectivity index (χ3n) is 3.02. The fourth-order valence-corrected chi connectivity index (χ4v) is 1.84. The van der Waals surface area contributed by atoms with Crippen LogP contribution in [0.2, 0.25) is 0 Å². The molecule has 0 saturated carbocycles. The summed E-state index contributed by atoms with van der Waals surface area (Å²) in [7, 11) is 0. The number of phenolic OH excluding ortho intramolecular Hbond substituents is 1. The van der Waals surface area contributed by atoms with Crippen molar-refractivity contribution in [3.63, 3.8) is 0 Å². The first-order valence-corrected chi connectivity index (χ1v) is 6.75. The van der Waals surface area contributed by atoms with Gasteiger partial charge in [0.25, 0.3) is 0 Å². The minimum atomic E-state index is -0.762. The molecule has 0 aromatic heterocycles. The monoisotopic (exact) mass is 278 g/mol. The first-order chi connectivity index (χ1) is 9.56. The molecule has 4 heteroatoms. The average Bonchev–Trinajstić information content (AvgIpc) is 2.45. The molecule has 1 aromatic carbocycles. The van der Waals surface area contributed by atoms with Gasteiger partial charge < -0.3 is 20.4 Å². The molecule has 0 bridgehead atoms. The number of hydrogen-bond acceptors (Lipinski definition) is 4. The Hall–Kier alpha value is -1.58. The van der Waals surface area contributed by atoms with Gasteiger partial charge in [-0.25, -0.2) is 0 Å². The molecule has 4 nitrogen and oxygen atoms in total. The molecule has 0 spiro atoms. The Kier molecular flexibility index (Phi) is 7.05. The van der Waals surface area contributed by atoms with E-state index in [-0.39, 0.29) is 12.4 Å². The molecule has 4 N–H and O–H groups in total. The van der Waals surface area contributed by atoms with Crippen molar-refractivity contribution < 1.29 is 20.4 Å². The smallest absolute Gasteiger partial charge is 0.115 e. The van der Waals surface area contributed by atoms with E-state index < -0.39 is 12.2 Å². The Morgan fingerprint density at radius 3 is 2.70 bits per heavy atom. The summed E-state index contributed by atoms with van der Waals surface area (Å²) in [4.78, 5) is 0. The highest BCUT2D eigenvalue weighted by atomic mass is 16.3. The fourth-order valence-electron chi connectivity index (χ4n) is 1.84. The second kappa shape index (κ2) is 8.56. The van der Waals surface area contributed by atoms with E-state index in [9.17, 15) is 15.3 Å². The predicted molar refractivity (Wildman–Crippen MR) is 77.3 cm³/mol. The Morgan fingerprint density at radius 2 is 2.10 bits per heavy atom. The van der Waals surface area contributed by atoms with E-state index in [0.29, 0.717) is 18.4 Å². The van der Waals surface area contributed by atoms with Gasteiger partial charge in [-0.2, -0.15) is 0 Å². The highest BCUT2D eigenvalue weighted by Crippen LogP contribution is 2.21. The highest BCUT2D eigenvalue weighted by molar-refractivity contribution is 5.28. The topological polar surface area (TPSA) is 80.9 Å². The maximum absolute atomic E-state index is 9.98. The molecule has 0 unspecified atom stereocenters. The predicted octanol–water partition coefficient (Wildman–Crippen LogP) is 2.05. The number of aliphatic hydroxyl groups excluding tert-OH is 3. The van der Waals surface area contributed by atoms with Crippen molar-refractivity contribution in [2.24, 2.45) is 0 Å². The molecule has 0 fully saturated rings. The molecule has 0 saturated heterocycles. The number of rotatable bonds is 7. The van der Waals surface area contributed by atoms with Gasteiger partial charge in [0, 0.05) is 12.8 Å². The summed E-state index contributed by atoms with van der Waals surface area (Å²) >= 11 is 0. The van der Waals surface area contributed by atoms with Crippen molar-refractivity contribution in [3.8, 4) is 5.75 Å². The van der Waals surface area contributed by atoms with Crippen LogP contribution in [-0.2, 0) is 0 Å². The van der Waals surface area contributed by atoms with Crippen molar-refractivity contribution in [1.29, 1.82) is 0 Å². The number of phenols is 1. The first-order valence-electron chi connectivity index (χ1n) is 6.75. The Morgan fingerprint density at radius 1 is 1.35 bits per heavy atom. The molecule has 0 amide bonds. The van der Waals surface area contributed by atoms with Crippen molar-refractivity contribution in [2.75, 3.05) is 6.61 Å². The van der Waals surface area contributed by atoms with Crippen LogP contribution in [0.5, 0.6) is 5.75 Å². The molecule has 0 aliphatic heterocycles. The largest absolute Gasteiger partial charge is 0.508 e. The minimum absolute atomic E-state index is 0.126. The lowest BCUT2D eigenvalue weighted by Crippen LogP contribution is -2.12. The van der Waals surface area contributed by atoms with E-state index in [2.05, 4.69) is 5.73 Å². The van der Waals surface area contributed by atoms with E-state index in [0.717, 1.165) is 12.0 Å². The quantitative estimate of drug-likeness (QED) is 0.575. The van der Waals surface area contributed by atoms with Crippen molar-refractivity contribution in [2.45, 2.75) is 38.4 Å². The molecule has 1 aromatic rings. The minimum Gasteiger partial charge on any atom is -0.508 e. The first kappa shape index (κ1) is 16.5. The third-order valence-corrected chi connectivity index (χ3v) is 3.02. The lowest BCUT2D eigenvalue weighted by molar-refractivity contribution is 0.0950. The molecule has 0 heterocycles. The molecule has 0 aliphatic carbocycles. The van der Waals surface area contributed by atoms with Crippen LogP contribution in [0.15, 0.2) is 41.6 Å². The number of aromatic hydroxyl groups is 1. The lowest BCUT2D eigenvalue weighted by Gasteiger charge is -2.09. The van der Waals surface area contributed by atoms with Crippen LogP contribution in [0.3, 0.4) is 0 Å². The summed E-state index contributed by atoms with van der Waals surface area (Å²) in [6.07, 6.45) is 1.75. The lowest BCUT2D eigenvalue weighted by atomic mass is 10.0. The van der Waals surface area contributed by atoms with Crippen LogP contribution < -0.4 is 0 Å². The number of aliphatic hydroxyl groups is 3. The van der Waals surface area contributed by atoms with Gasteiger partial charge in [0.15, 0.2) is 0 Å². The summed E-state index contributed by atoms with van der Waals surface area (Å²) in [5.74, 6) is 0.126. The highest BCUT2D eigenvalue weighted by Gasteiger charge is 2.06. The van der Waals surface area contributed by atoms with E-state index in [1.54, 1.807) is 24.3 Å². The van der Waals surface area contributed by atoms with E-state index >= 15 is 0 Å². The Bertz CT molecular complexity index is 475. The van der Waals surface area contributed by atoms with Crippen LogP contribution in [0.25, 0.3) is 0 Å². The Labute approximate surface area is 119 Å². The Balaban J connectivity index is 2.65. The zero-order valence-electron chi connectivity index (χ0n) is 11.7. The standard InChI is InChI=1S/C16H22O4/c1-2-12(9-15(19)11-17)5-3-8-16(20)13-6-4-7-14(18)10-13/h3-4,6-7,10,15-20H,2,8-9,11H2,1H3/t5?,15-,16-/m1/s1. The van der Waals surface area contributed by atoms with Gasteiger partial charge in [0.05, 0.1) is 18.8 Å². The van der Waals surface area contributed by atoms with Crippen LogP contribution >= 0.6 is 0 Å². The molecule has 110 valence electrons. The summed E-state index contributed by atoms with van der Waals surface area (Å²) in [6.45, 7) is 1.68. The second-order valence-corrected chi connectivity index (χ2v) is 4.69. The van der Waals surface area contributed by atoms with Gasteiger partial charge in [0.1, 0.15) is 5.75 Å². The van der Waals surface area contributed by atoms with Crippen molar-refractivity contribution in [3.05, 3.63) is 47.2 Å². The SMILES string of the molecule is CCC(=C=CC[C@@H](O)c1cccc(O)c1)C[C@@H](O)CO. The van der Waals surface area contributed by atoms with Gasteiger partial charge >= 0.3 is 0 Å². The third kappa shape index (κ3) is 5.59. The number of hydrogen-bond donors (Lipinski definition) is 4. The van der Waals surface area contributed by atoms with Crippen LogP contribution in [0.1, 0.15) is 37.9 Å². The zero-order chi connectivity index (χ0) is 15.0. The summed E-state index contributed by atoms with van der Waals surface area (Å²) in [5.41, 5.74) is 4.60. The van der Waals surface area contributed by atoms with Crippen molar-refractivity contribution >= 4 is 0 Å². The average molecular weight is 278 g/mol. The van der Waals surface area contributed by atoms with Crippen LogP contribution in [0.4, 0.5) is 0 Å². The van der Waals surface area contributed by atoms with Gasteiger partial charge in [0.2, 0.25) is 0 Å². The van der Waals surface area contributed by atoms with Gasteiger partial charge in [-0.15, -0.1) is 5.73 Å². The van der Waals surface area contributed by atoms with E-state index in [1.165, 1.54) is 6.07 Å². The normalized spacial score (nSPS) is 13.4. The van der Waals surface area contributed by atoms with Crippen molar-refractivity contribution in [1.82, 2.24) is 0 Å². The molecule has 0 radical (unpaired) electrons.